The van der Waals surface area contributed by atoms with Gasteiger partial charge in [0.1, 0.15) is 17.7 Å². The number of aryl methyl sites for hydroxylation is 1. The van der Waals surface area contributed by atoms with Crippen molar-refractivity contribution in [3.63, 3.8) is 0 Å². The lowest BCUT2D eigenvalue weighted by molar-refractivity contribution is 0.585. The quantitative estimate of drug-likeness (QED) is 0.389. The maximum atomic E-state index is 13.4. The van der Waals surface area contributed by atoms with Gasteiger partial charge < -0.3 is 15.5 Å². The highest BCUT2D eigenvalue weighted by Crippen LogP contribution is 2.29. The van der Waals surface area contributed by atoms with Crippen LogP contribution in [0.1, 0.15) is 27.6 Å². The fourth-order valence-corrected chi connectivity index (χ4v) is 4.17. The maximum Gasteiger partial charge on any atom is 0.225 e. The van der Waals surface area contributed by atoms with Gasteiger partial charge in [-0.2, -0.15) is 10.2 Å². The van der Waals surface area contributed by atoms with Gasteiger partial charge in [0, 0.05) is 78.6 Å². The van der Waals surface area contributed by atoms with Crippen molar-refractivity contribution >= 4 is 17.3 Å². The third kappa shape index (κ3) is 4.27. The van der Waals surface area contributed by atoms with Crippen LogP contribution < -0.4 is 15.5 Å². The Labute approximate surface area is 223 Å². The highest BCUT2D eigenvalue weighted by molar-refractivity contribution is 5.77. The van der Waals surface area contributed by atoms with Crippen LogP contribution in [0.3, 0.4) is 0 Å². The molecule has 1 fully saturated rings. The van der Waals surface area contributed by atoms with Crippen molar-refractivity contribution < 1.29 is 14.0 Å². The van der Waals surface area contributed by atoms with E-state index in [9.17, 15) is 4.39 Å². The Morgan fingerprint density at radius 1 is 0.946 bits per heavy atom. The molecule has 4 aromatic heterocycles. The lowest BCUT2D eigenvalue weighted by Crippen LogP contribution is -2.47. The van der Waals surface area contributed by atoms with Crippen LogP contribution in [-0.2, 0) is 12.5 Å². The summed E-state index contributed by atoms with van der Waals surface area (Å²) < 4.78 is 73.9. The second-order valence-electron chi connectivity index (χ2n) is 8.80. The molecule has 6 rings (SSSR count). The predicted molar refractivity (Wildman–Crippen MR) is 139 cm³/mol. The molecule has 0 saturated carbocycles. The van der Waals surface area contributed by atoms with Gasteiger partial charge in [-0.15, -0.1) is 0 Å². The number of fused-ring (bicyclic) bond motifs is 1. The average Bonchev–Trinajstić information content (AvgIpc) is 3.60. The molecular formula is C26H27FN10. The summed E-state index contributed by atoms with van der Waals surface area (Å²) in [6.07, 6.45) is 8.57. The zero-order valence-electron chi connectivity index (χ0n) is 26.7. The molecule has 10 nitrogen and oxygen atoms in total. The van der Waals surface area contributed by atoms with Crippen LogP contribution in [0.2, 0.25) is 0 Å². The summed E-state index contributed by atoms with van der Waals surface area (Å²) in [5.74, 6) is -0.276. The van der Waals surface area contributed by atoms with Crippen LogP contribution in [0, 0.1) is 5.82 Å². The Morgan fingerprint density at radius 3 is 2.41 bits per heavy atom. The standard InChI is InChI=1S/C26H27FN10/c1-26(28,20-3-5-22(27)6-4-20)21-13-29-25(30-14-21)36-9-7-35(8-10-36)24-23-11-18(16-37(23)33-17-31-24)19-12-32-34(2)15-19/h3-6,11-17H,7-10,28H2,1-2H3/t26-/m1/s1/i2D3,9D2,10D2. The van der Waals surface area contributed by atoms with E-state index >= 15 is 0 Å². The molecule has 1 aliphatic heterocycles. The molecule has 5 aromatic rings. The first-order valence-electron chi connectivity index (χ1n) is 14.9. The predicted octanol–water partition coefficient (Wildman–Crippen LogP) is 2.61. The minimum Gasteiger partial charge on any atom is -0.351 e. The van der Waals surface area contributed by atoms with E-state index < -0.39 is 31.3 Å². The van der Waals surface area contributed by atoms with Gasteiger partial charge in [-0.05, 0) is 30.7 Å². The summed E-state index contributed by atoms with van der Waals surface area (Å²) in [7, 11) is 0. The first-order chi connectivity index (χ1) is 20.6. The number of nitrogens with two attached hydrogens (primary N) is 1. The van der Waals surface area contributed by atoms with E-state index in [1.165, 1.54) is 52.7 Å². The van der Waals surface area contributed by atoms with Crippen LogP contribution in [0.4, 0.5) is 16.2 Å². The molecule has 0 unspecified atom stereocenters. The van der Waals surface area contributed by atoms with Crippen molar-refractivity contribution in [2.75, 3.05) is 35.9 Å². The third-order valence-corrected chi connectivity index (χ3v) is 6.32. The summed E-state index contributed by atoms with van der Waals surface area (Å²) >= 11 is 0. The minimum atomic E-state index is -2.43. The van der Waals surface area contributed by atoms with Gasteiger partial charge in [0.15, 0.2) is 5.82 Å². The fourth-order valence-electron chi connectivity index (χ4n) is 4.17. The average molecular weight is 506 g/mol. The van der Waals surface area contributed by atoms with Crippen LogP contribution in [0.25, 0.3) is 16.6 Å². The Hall–Kier alpha value is -4.38. The van der Waals surface area contributed by atoms with Crippen LogP contribution in [0.5, 0.6) is 0 Å². The highest BCUT2D eigenvalue weighted by Gasteiger charge is 2.26. The van der Waals surface area contributed by atoms with Crippen LogP contribution in [-0.4, -0.2) is 60.4 Å². The number of aromatic nitrogens is 7. The maximum absolute atomic E-state index is 13.4. The van der Waals surface area contributed by atoms with Crippen LogP contribution >= 0.6 is 0 Å². The molecule has 0 aliphatic carbocycles. The topological polar surface area (TPSA) is 106 Å². The molecule has 1 saturated heterocycles. The lowest BCUT2D eigenvalue weighted by atomic mass is 9.87. The minimum absolute atomic E-state index is 0.164. The number of piperazine rings is 1. The molecule has 2 N–H and O–H groups in total. The van der Waals surface area contributed by atoms with Crippen molar-refractivity contribution in [3.05, 3.63) is 84.6 Å². The SMILES string of the molecule is [2H]C1([2H])CN(c2ncnn3cc(-c4cnn(C([2H])([2H])[2H])c4)cc23)CC([2H])([2H])N1c1ncc([C@](C)(N)c2ccc(F)cc2)cn1. The van der Waals surface area contributed by atoms with E-state index in [4.69, 9.17) is 15.3 Å². The normalized spacial score (nSPS) is 21.6. The first kappa shape index (κ1) is 16.4. The van der Waals surface area contributed by atoms with Gasteiger partial charge in [-0.1, -0.05) is 12.1 Å². The van der Waals surface area contributed by atoms with Crippen molar-refractivity contribution in [2.24, 2.45) is 12.7 Å². The van der Waals surface area contributed by atoms with Crippen molar-refractivity contribution in [1.29, 1.82) is 0 Å². The number of hydrogen-bond donors (Lipinski definition) is 1. The number of nitrogens with zero attached hydrogens (tertiary/aromatic N) is 9. The van der Waals surface area contributed by atoms with Crippen molar-refractivity contribution in [3.8, 4) is 11.1 Å². The summed E-state index contributed by atoms with van der Waals surface area (Å²) in [5.41, 5.74) is 8.13. The molecule has 37 heavy (non-hydrogen) atoms. The van der Waals surface area contributed by atoms with Crippen molar-refractivity contribution in [2.45, 2.75) is 12.5 Å². The lowest BCUT2D eigenvalue weighted by Gasteiger charge is -2.35. The molecule has 0 radical (unpaired) electrons. The fraction of sp³-hybridized carbons (Fsp3) is 0.269. The Morgan fingerprint density at radius 2 is 1.70 bits per heavy atom. The number of benzene rings is 1. The first-order valence-corrected chi connectivity index (χ1v) is 11.4. The Bertz CT molecular complexity index is 1800. The molecule has 5 heterocycles. The molecule has 0 amide bonds. The second-order valence-corrected chi connectivity index (χ2v) is 8.80. The molecular weight excluding hydrogens is 471 g/mol. The largest absolute Gasteiger partial charge is 0.351 e. The highest BCUT2D eigenvalue weighted by atomic mass is 19.1. The molecule has 188 valence electrons. The summed E-state index contributed by atoms with van der Waals surface area (Å²) in [5, 5.41) is 8.14. The molecule has 1 aliphatic rings. The molecule has 0 bridgehead atoms. The molecule has 0 spiro atoms. The Balaban J connectivity index is 1.29. The summed E-state index contributed by atoms with van der Waals surface area (Å²) in [4.78, 5) is 15.3. The Kier molecular flexibility index (Phi) is 3.95. The number of halogens is 1. The van der Waals surface area contributed by atoms with Gasteiger partial charge in [0.25, 0.3) is 0 Å². The number of hydrogen-bond acceptors (Lipinski definition) is 8. The molecule has 1 atom stereocenters. The second kappa shape index (κ2) is 8.93. The van der Waals surface area contributed by atoms with Gasteiger partial charge in [0.2, 0.25) is 5.95 Å². The van der Waals surface area contributed by atoms with E-state index in [2.05, 4.69) is 25.1 Å². The summed E-state index contributed by atoms with van der Waals surface area (Å²) in [6, 6.07) is 7.42. The van der Waals surface area contributed by atoms with Gasteiger partial charge in [-0.25, -0.2) is 23.9 Å². The van der Waals surface area contributed by atoms with Gasteiger partial charge in [0.05, 0.1) is 17.2 Å². The zero-order valence-corrected chi connectivity index (χ0v) is 19.7. The van der Waals surface area contributed by atoms with Crippen molar-refractivity contribution in [1.82, 2.24) is 34.3 Å². The zero-order chi connectivity index (χ0) is 31.7. The van der Waals surface area contributed by atoms with Crippen LogP contribution in [0.15, 0.2) is 67.6 Å². The van der Waals surface area contributed by atoms with Gasteiger partial charge in [-0.3, -0.25) is 4.68 Å². The van der Waals surface area contributed by atoms with E-state index in [-0.39, 0.29) is 24.9 Å². The third-order valence-electron chi connectivity index (χ3n) is 6.32. The van der Waals surface area contributed by atoms with E-state index in [1.807, 2.05) is 0 Å². The van der Waals surface area contributed by atoms with E-state index in [0.29, 0.717) is 27.8 Å². The van der Waals surface area contributed by atoms with Gasteiger partial charge >= 0.3 is 0 Å². The summed E-state index contributed by atoms with van der Waals surface area (Å²) in [6.45, 7) is -5.87. The number of anilines is 2. The smallest absolute Gasteiger partial charge is 0.225 e. The number of rotatable bonds is 5. The monoisotopic (exact) mass is 505 g/mol. The van der Waals surface area contributed by atoms with E-state index in [0.717, 1.165) is 9.58 Å². The van der Waals surface area contributed by atoms with E-state index in [1.54, 1.807) is 31.3 Å². The molecule has 1 aromatic carbocycles. The molecule has 11 heteroatoms.